The number of nitro benzene ring substituents is 1. The van der Waals surface area contributed by atoms with E-state index >= 15 is 0 Å². The number of nitrogens with zero attached hydrogens (tertiary/aromatic N) is 2. The number of carbonyl (C=O) groups is 1. The minimum atomic E-state index is -1.17. The highest BCUT2D eigenvalue weighted by atomic mass is 16.6. The second kappa shape index (κ2) is 6.09. The highest BCUT2D eigenvalue weighted by Crippen LogP contribution is 2.29. The quantitative estimate of drug-likeness (QED) is 0.651. The van der Waals surface area contributed by atoms with Crippen LogP contribution in [-0.2, 0) is 0 Å². The first-order chi connectivity index (χ1) is 9.88. The topological polar surface area (TPSA) is 95.7 Å². The molecule has 1 fully saturated rings. The molecule has 1 saturated heterocycles. The van der Waals surface area contributed by atoms with Gasteiger partial charge in [-0.05, 0) is 38.1 Å². The Balaban J connectivity index is 2.23. The van der Waals surface area contributed by atoms with Crippen molar-refractivity contribution in [3.8, 4) is 0 Å². The van der Waals surface area contributed by atoms with Crippen molar-refractivity contribution in [2.24, 2.45) is 5.92 Å². The summed E-state index contributed by atoms with van der Waals surface area (Å²) < 4.78 is 0. The van der Waals surface area contributed by atoms with Gasteiger partial charge >= 0.3 is 5.97 Å². The third-order valence-electron chi connectivity index (χ3n) is 3.89. The molecule has 0 aliphatic carbocycles. The van der Waals surface area contributed by atoms with Crippen molar-refractivity contribution in [1.29, 1.82) is 0 Å². The van der Waals surface area contributed by atoms with Crippen LogP contribution >= 0.6 is 0 Å². The van der Waals surface area contributed by atoms with Gasteiger partial charge in [-0.25, -0.2) is 4.79 Å². The lowest BCUT2D eigenvalue weighted by atomic mass is 9.94. The predicted molar refractivity (Wildman–Crippen MR) is 78.7 cm³/mol. The number of likely N-dealkylation sites (tertiary alicyclic amines) is 1. The number of anilines is 1. The monoisotopic (exact) mass is 293 g/mol. The van der Waals surface area contributed by atoms with Crippen molar-refractivity contribution in [2.45, 2.75) is 19.4 Å². The molecule has 0 radical (unpaired) electrons. The van der Waals surface area contributed by atoms with Crippen molar-refractivity contribution in [3.63, 3.8) is 0 Å². The van der Waals surface area contributed by atoms with E-state index in [1.165, 1.54) is 12.1 Å². The number of aromatic carboxylic acids is 1. The molecule has 0 saturated carbocycles. The molecular weight excluding hydrogens is 274 g/mol. The van der Waals surface area contributed by atoms with Gasteiger partial charge in [-0.1, -0.05) is 6.92 Å². The molecule has 1 aliphatic rings. The fourth-order valence-electron chi connectivity index (χ4n) is 2.71. The largest absolute Gasteiger partial charge is 0.478 e. The summed E-state index contributed by atoms with van der Waals surface area (Å²) >= 11 is 0. The van der Waals surface area contributed by atoms with Crippen LogP contribution in [0.2, 0.25) is 0 Å². The lowest BCUT2D eigenvalue weighted by molar-refractivity contribution is -0.384. The molecule has 1 aliphatic heterocycles. The van der Waals surface area contributed by atoms with E-state index < -0.39 is 10.9 Å². The first-order valence-electron chi connectivity index (χ1n) is 6.85. The van der Waals surface area contributed by atoms with Crippen LogP contribution in [0.15, 0.2) is 18.2 Å². The molecule has 2 rings (SSSR count). The molecule has 114 valence electrons. The van der Waals surface area contributed by atoms with Crippen LogP contribution in [0.3, 0.4) is 0 Å². The second-order valence-electron chi connectivity index (χ2n) is 5.57. The molecule has 2 N–H and O–H groups in total. The van der Waals surface area contributed by atoms with Gasteiger partial charge in [0.2, 0.25) is 0 Å². The number of hydrogen-bond donors (Lipinski definition) is 2. The van der Waals surface area contributed by atoms with Gasteiger partial charge in [-0.3, -0.25) is 10.1 Å². The first kappa shape index (κ1) is 15.2. The fourth-order valence-corrected chi connectivity index (χ4v) is 2.71. The van der Waals surface area contributed by atoms with Crippen molar-refractivity contribution in [1.82, 2.24) is 4.90 Å². The lowest BCUT2D eigenvalue weighted by Gasteiger charge is -2.35. The second-order valence-corrected chi connectivity index (χ2v) is 5.57. The van der Waals surface area contributed by atoms with Crippen LogP contribution in [0, 0.1) is 16.0 Å². The average Bonchev–Trinajstić information content (AvgIpc) is 2.41. The number of rotatable bonds is 4. The normalized spacial score (nSPS) is 22.8. The Kier molecular flexibility index (Phi) is 4.42. The van der Waals surface area contributed by atoms with Gasteiger partial charge in [0, 0.05) is 18.7 Å². The van der Waals surface area contributed by atoms with E-state index in [2.05, 4.69) is 24.2 Å². The Morgan fingerprint density at radius 2 is 2.24 bits per heavy atom. The van der Waals surface area contributed by atoms with E-state index in [1.54, 1.807) is 0 Å². The summed E-state index contributed by atoms with van der Waals surface area (Å²) in [5.74, 6) is -0.806. The van der Waals surface area contributed by atoms with Crippen molar-refractivity contribution in [3.05, 3.63) is 33.9 Å². The zero-order valence-electron chi connectivity index (χ0n) is 12.1. The standard InChI is InChI=1S/C14H19N3O4/c1-9-8-16(2)6-5-11(9)15-12-4-3-10(14(18)19)7-13(12)17(20)21/h3-4,7,9,11,15H,5-6,8H2,1-2H3,(H,18,19). The van der Waals surface area contributed by atoms with E-state index in [-0.39, 0.29) is 17.3 Å². The van der Waals surface area contributed by atoms with Gasteiger partial charge in [-0.2, -0.15) is 0 Å². The molecule has 1 aromatic rings. The summed E-state index contributed by atoms with van der Waals surface area (Å²) in [5.41, 5.74) is 0.108. The Hall–Kier alpha value is -2.15. The number of nitro groups is 1. The summed E-state index contributed by atoms with van der Waals surface area (Å²) in [5, 5.41) is 23.3. The van der Waals surface area contributed by atoms with E-state index in [4.69, 9.17) is 5.11 Å². The highest BCUT2D eigenvalue weighted by Gasteiger charge is 2.26. The van der Waals surface area contributed by atoms with Gasteiger partial charge in [0.1, 0.15) is 5.69 Å². The number of piperidine rings is 1. The van der Waals surface area contributed by atoms with Crippen LogP contribution in [0.1, 0.15) is 23.7 Å². The maximum Gasteiger partial charge on any atom is 0.335 e. The molecule has 0 aromatic heterocycles. The molecule has 0 amide bonds. The van der Waals surface area contributed by atoms with Crippen LogP contribution in [-0.4, -0.2) is 47.1 Å². The van der Waals surface area contributed by atoms with E-state index in [1.807, 2.05) is 0 Å². The van der Waals surface area contributed by atoms with Crippen molar-refractivity contribution in [2.75, 3.05) is 25.5 Å². The number of carboxylic acids is 1. The number of carboxylic acid groups (broad SMARTS) is 1. The summed E-state index contributed by atoms with van der Waals surface area (Å²) in [6.45, 7) is 3.96. The molecule has 0 spiro atoms. The maximum atomic E-state index is 11.1. The molecule has 1 aromatic carbocycles. The third-order valence-corrected chi connectivity index (χ3v) is 3.89. The molecule has 2 atom stereocenters. The SMILES string of the molecule is CC1CN(C)CCC1Nc1ccc(C(=O)O)cc1[N+](=O)[O-]. The summed E-state index contributed by atoms with van der Waals surface area (Å²) in [4.78, 5) is 23.7. The summed E-state index contributed by atoms with van der Waals surface area (Å²) in [6, 6.07) is 4.12. The Morgan fingerprint density at radius 1 is 1.52 bits per heavy atom. The predicted octanol–water partition coefficient (Wildman–Crippen LogP) is 2.05. The molecule has 7 nitrogen and oxygen atoms in total. The third kappa shape index (κ3) is 3.49. The first-order valence-corrected chi connectivity index (χ1v) is 6.85. The molecule has 7 heteroatoms. The van der Waals surface area contributed by atoms with Crippen LogP contribution in [0.25, 0.3) is 0 Å². The van der Waals surface area contributed by atoms with Gasteiger partial charge in [0.15, 0.2) is 0 Å². The smallest absolute Gasteiger partial charge is 0.335 e. The number of hydrogen-bond acceptors (Lipinski definition) is 5. The van der Waals surface area contributed by atoms with Crippen LogP contribution in [0.5, 0.6) is 0 Å². The average molecular weight is 293 g/mol. The van der Waals surface area contributed by atoms with Crippen LogP contribution in [0.4, 0.5) is 11.4 Å². The highest BCUT2D eigenvalue weighted by molar-refractivity contribution is 5.89. The summed E-state index contributed by atoms with van der Waals surface area (Å²) in [6.07, 6.45) is 0.898. The lowest BCUT2D eigenvalue weighted by Crippen LogP contribution is -2.43. The number of benzene rings is 1. The Labute approximate surface area is 122 Å². The van der Waals surface area contributed by atoms with E-state index in [0.717, 1.165) is 25.6 Å². The molecule has 2 unspecified atom stereocenters. The van der Waals surface area contributed by atoms with Gasteiger partial charge in [0.05, 0.1) is 10.5 Å². The Morgan fingerprint density at radius 3 is 2.81 bits per heavy atom. The van der Waals surface area contributed by atoms with Gasteiger partial charge < -0.3 is 15.3 Å². The zero-order valence-corrected chi connectivity index (χ0v) is 12.1. The molecule has 21 heavy (non-hydrogen) atoms. The van der Waals surface area contributed by atoms with Gasteiger partial charge in [-0.15, -0.1) is 0 Å². The minimum Gasteiger partial charge on any atom is -0.478 e. The van der Waals surface area contributed by atoms with Crippen molar-refractivity contribution >= 4 is 17.3 Å². The maximum absolute atomic E-state index is 11.1. The fraction of sp³-hybridized carbons (Fsp3) is 0.500. The zero-order chi connectivity index (χ0) is 15.6. The van der Waals surface area contributed by atoms with E-state index in [9.17, 15) is 14.9 Å². The number of nitrogens with one attached hydrogen (secondary N) is 1. The molecular formula is C14H19N3O4. The minimum absolute atomic E-state index is 0.0799. The Bertz CT molecular complexity index is 561. The van der Waals surface area contributed by atoms with Crippen LogP contribution < -0.4 is 5.32 Å². The van der Waals surface area contributed by atoms with Gasteiger partial charge in [0.25, 0.3) is 5.69 Å². The van der Waals surface area contributed by atoms with Crippen molar-refractivity contribution < 1.29 is 14.8 Å². The van der Waals surface area contributed by atoms with E-state index in [0.29, 0.717) is 11.6 Å². The molecule has 1 heterocycles. The molecule has 0 bridgehead atoms. The summed E-state index contributed by atoms with van der Waals surface area (Å²) in [7, 11) is 2.05.